The fourth-order valence-electron chi connectivity index (χ4n) is 1.90. The third-order valence-electron chi connectivity index (χ3n) is 2.80. The molecule has 3 rings (SSSR count). The van der Waals surface area contributed by atoms with Crippen LogP contribution < -0.4 is 0 Å². The summed E-state index contributed by atoms with van der Waals surface area (Å²) in [6.07, 6.45) is 1.74. The number of nitrogens with zero attached hydrogens (tertiary/aromatic N) is 2. The SMILES string of the molecule is O=C(O)c1ccc2c(c1)ncn2Cc1ccsc1. The Morgan fingerprint density at radius 1 is 1.39 bits per heavy atom. The lowest BCUT2D eigenvalue weighted by atomic mass is 10.2. The topological polar surface area (TPSA) is 55.1 Å². The first kappa shape index (κ1) is 11.0. The zero-order chi connectivity index (χ0) is 12.5. The fraction of sp³-hybridized carbons (Fsp3) is 0.0769. The van der Waals surface area contributed by atoms with E-state index in [2.05, 4.69) is 16.4 Å². The molecule has 0 saturated carbocycles. The molecule has 1 N–H and O–H groups in total. The Bertz CT molecular complexity index is 701. The van der Waals surface area contributed by atoms with Crippen LogP contribution in [0.4, 0.5) is 0 Å². The minimum absolute atomic E-state index is 0.267. The minimum atomic E-state index is -0.927. The van der Waals surface area contributed by atoms with Gasteiger partial charge in [0.15, 0.2) is 0 Å². The van der Waals surface area contributed by atoms with Crippen molar-refractivity contribution in [2.75, 3.05) is 0 Å². The van der Waals surface area contributed by atoms with E-state index in [0.717, 1.165) is 12.1 Å². The highest BCUT2D eigenvalue weighted by Gasteiger charge is 2.08. The van der Waals surface area contributed by atoms with Crippen molar-refractivity contribution in [2.24, 2.45) is 0 Å². The van der Waals surface area contributed by atoms with Gasteiger partial charge in [0.2, 0.25) is 0 Å². The smallest absolute Gasteiger partial charge is 0.335 e. The Morgan fingerprint density at radius 2 is 2.28 bits per heavy atom. The molecule has 0 aliphatic heterocycles. The van der Waals surface area contributed by atoms with Gasteiger partial charge in [0, 0.05) is 6.54 Å². The van der Waals surface area contributed by atoms with Gasteiger partial charge in [-0.1, -0.05) is 0 Å². The standard InChI is InChI=1S/C13H10N2O2S/c16-13(17)10-1-2-12-11(5-10)14-8-15(12)6-9-3-4-18-7-9/h1-5,7-8H,6H2,(H,16,17). The van der Waals surface area contributed by atoms with Crippen LogP contribution in [0, 0.1) is 0 Å². The third-order valence-corrected chi connectivity index (χ3v) is 3.53. The molecule has 4 nitrogen and oxygen atoms in total. The van der Waals surface area contributed by atoms with Gasteiger partial charge in [-0.2, -0.15) is 11.3 Å². The van der Waals surface area contributed by atoms with Gasteiger partial charge in [0.1, 0.15) is 0 Å². The predicted molar refractivity (Wildman–Crippen MR) is 70.1 cm³/mol. The van der Waals surface area contributed by atoms with E-state index in [1.165, 1.54) is 5.56 Å². The quantitative estimate of drug-likeness (QED) is 0.786. The van der Waals surface area contributed by atoms with Gasteiger partial charge >= 0.3 is 5.97 Å². The molecule has 90 valence electrons. The number of aromatic carboxylic acids is 1. The number of hydrogen-bond donors (Lipinski definition) is 1. The number of carboxylic acid groups (broad SMARTS) is 1. The molecule has 2 aromatic heterocycles. The monoisotopic (exact) mass is 258 g/mol. The second-order valence-electron chi connectivity index (χ2n) is 4.01. The molecule has 3 aromatic rings. The molecule has 0 amide bonds. The molecular formula is C13H10N2O2S. The number of carbonyl (C=O) groups is 1. The number of imidazole rings is 1. The molecule has 1 aromatic carbocycles. The predicted octanol–water partition coefficient (Wildman–Crippen LogP) is 2.84. The van der Waals surface area contributed by atoms with E-state index in [1.807, 2.05) is 9.95 Å². The zero-order valence-corrected chi connectivity index (χ0v) is 10.2. The second-order valence-corrected chi connectivity index (χ2v) is 4.79. The Labute approximate surface area is 107 Å². The summed E-state index contributed by atoms with van der Waals surface area (Å²) < 4.78 is 2.02. The summed E-state index contributed by atoms with van der Waals surface area (Å²) in [4.78, 5) is 15.1. The molecule has 0 aliphatic rings. The van der Waals surface area contributed by atoms with Gasteiger partial charge in [-0.05, 0) is 40.6 Å². The lowest BCUT2D eigenvalue weighted by Gasteiger charge is -2.02. The molecule has 0 saturated heterocycles. The van der Waals surface area contributed by atoms with Gasteiger partial charge < -0.3 is 9.67 Å². The van der Waals surface area contributed by atoms with Crippen molar-refractivity contribution in [2.45, 2.75) is 6.54 Å². The van der Waals surface area contributed by atoms with Crippen molar-refractivity contribution in [1.82, 2.24) is 9.55 Å². The van der Waals surface area contributed by atoms with E-state index in [9.17, 15) is 4.79 Å². The lowest BCUT2D eigenvalue weighted by Crippen LogP contribution is -1.98. The summed E-state index contributed by atoms with van der Waals surface area (Å²) in [6, 6.07) is 7.08. The van der Waals surface area contributed by atoms with Gasteiger partial charge in [-0.15, -0.1) is 0 Å². The average molecular weight is 258 g/mol. The highest BCUT2D eigenvalue weighted by Crippen LogP contribution is 2.17. The number of benzene rings is 1. The first-order valence-corrected chi connectivity index (χ1v) is 6.37. The van der Waals surface area contributed by atoms with E-state index in [-0.39, 0.29) is 5.56 Å². The molecule has 0 atom stereocenters. The molecule has 0 bridgehead atoms. The molecule has 0 radical (unpaired) electrons. The summed E-state index contributed by atoms with van der Waals surface area (Å²) in [6.45, 7) is 0.756. The maximum atomic E-state index is 10.9. The summed E-state index contributed by atoms with van der Waals surface area (Å²) >= 11 is 1.66. The molecule has 5 heteroatoms. The minimum Gasteiger partial charge on any atom is -0.478 e. The molecule has 18 heavy (non-hydrogen) atoms. The number of carboxylic acids is 1. The third kappa shape index (κ3) is 1.89. The highest BCUT2D eigenvalue weighted by molar-refractivity contribution is 7.07. The van der Waals surface area contributed by atoms with E-state index in [1.54, 1.807) is 35.9 Å². The fourth-order valence-corrected chi connectivity index (χ4v) is 2.56. The molecule has 0 fully saturated rings. The van der Waals surface area contributed by atoms with Crippen LogP contribution in [-0.4, -0.2) is 20.6 Å². The first-order chi connectivity index (χ1) is 8.74. The largest absolute Gasteiger partial charge is 0.478 e. The van der Waals surface area contributed by atoms with Crippen LogP contribution in [0.2, 0.25) is 0 Å². The molecular weight excluding hydrogens is 248 g/mol. The Kier molecular flexibility index (Phi) is 2.60. The van der Waals surface area contributed by atoms with Crippen molar-refractivity contribution in [3.8, 4) is 0 Å². The molecule has 0 aliphatic carbocycles. The van der Waals surface area contributed by atoms with Crippen molar-refractivity contribution < 1.29 is 9.90 Å². The van der Waals surface area contributed by atoms with Crippen molar-refractivity contribution >= 4 is 28.3 Å². The summed E-state index contributed by atoms with van der Waals surface area (Å²) in [7, 11) is 0. The highest BCUT2D eigenvalue weighted by atomic mass is 32.1. The van der Waals surface area contributed by atoms with Crippen LogP contribution >= 0.6 is 11.3 Å². The van der Waals surface area contributed by atoms with Crippen molar-refractivity contribution in [3.05, 3.63) is 52.5 Å². The average Bonchev–Trinajstić information content (AvgIpc) is 2.99. The van der Waals surface area contributed by atoms with Crippen LogP contribution in [0.3, 0.4) is 0 Å². The number of hydrogen-bond acceptors (Lipinski definition) is 3. The molecule has 0 spiro atoms. The lowest BCUT2D eigenvalue weighted by molar-refractivity contribution is 0.0697. The van der Waals surface area contributed by atoms with Gasteiger partial charge in [0.05, 0.1) is 22.9 Å². The summed E-state index contributed by atoms with van der Waals surface area (Å²) in [5, 5.41) is 13.1. The zero-order valence-electron chi connectivity index (χ0n) is 9.41. The maximum absolute atomic E-state index is 10.9. The van der Waals surface area contributed by atoms with Crippen molar-refractivity contribution in [1.29, 1.82) is 0 Å². The first-order valence-electron chi connectivity index (χ1n) is 5.43. The molecule has 2 heterocycles. The van der Waals surface area contributed by atoms with Gasteiger partial charge in [-0.3, -0.25) is 0 Å². The normalized spacial score (nSPS) is 10.9. The Morgan fingerprint density at radius 3 is 3.00 bits per heavy atom. The van der Waals surface area contributed by atoms with E-state index >= 15 is 0 Å². The van der Waals surface area contributed by atoms with E-state index in [4.69, 9.17) is 5.11 Å². The summed E-state index contributed by atoms with van der Waals surface area (Å²) in [5.74, 6) is -0.927. The van der Waals surface area contributed by atoms with E-state index < -0.39 is 5.97 Å². The molecule has 0 unspecified atom stereocenters. The van der Waals surface area contributed by atoms with Crippen LogP contribution in [0.25, 0.3) is 11.0 Å². The van der Waals surface area contributed by atoms with Gasteiger partial charge in [0.25, 0.3) is 0 Å². The second kappa shape index (κ2) is 4.27. The summed E-state index contributed by atoms with van der Waals surface area (Å²) in [5.41, 5.74) is 3.15. The van der Waals surface area contributed by atoms with Crippen LogP contribution in [0.15, 0.2) is 41.4 Å². The van der Waals surface area contributed by atoms with E-state index in [0.29, 0.717) is 5.52 Å². The Hall–Kier alpha value is -2.14. The maximum Gasteiger partial charge on any atom is 0.335 e. The number of thiophene rings is 1. The number of rotatable bonds is 3. The number of aromatic nitrogens is 2. The Balaban J connectivity index is 2.02. The van der Waals surface area contributed by atoms with Crippen LogP contribution in [0.5, 0.6) is 0 Å². The van der Waals surface area contributed by atoms with Crippen LogP contribution in [-0.2, 0) is 6.54 Å². The van der Waals surface area contributed by atoms with Crippen molar-refractivity contribution in [3.63, 3.8) is 0 Å². The van der Waals surface area contributed by atoms with Crippen LogP contribution in [0.1, 0.15) is 15.9 Å². The number of fused-ring (bicyclic) bond motifs is 1. The van der Waals surface area contributed by atoms with Gasteiger partial charge in [-0.25, -0.2) is 9.78 Å².